The summed E-state index contributed by atoms with van der Waals surface area (Å²) in [7, 11) is 3.23. The highest BCUT2D eigenvalue weighted by atomic mass is 16.5. The van der Waals surface area contributed by atoms with Crippen molar-refractivity contribution in [2.24, 2.45) is 0 Å². The van der Waals surface area contributed by atoms with Crippen molar-refractivity contribution in [3.63, 3.8) is 0 Å². The third kappa shape index (κ3) is 3.80. The van der Waals surface area contributed by atoms with E-state index in [-0.39, 0.29) is 5.91 Å². The molecule has 6 rings (SSSR count). The molecule has 0 saturated carbocycles. The molecule has 0 unspecified atom stereocenters. The van der Waals surface area contributed by atoms with E-state index in [2.05, 4.69) is 38.1 Å². The van der Waals surface area contributed by atoms with Gasteiger partial charge < -0.3 is 19.4 Å². The zero-order valence-corrected chi connectivity index (χ0v) is 20.1. The molecule has 8 heteroatoms. The van der Waals surface area contributed by atoms with Crippen molar-refractivity contribution < 1.29 is 14.3 Å². The highest BCUT2D eigenvalue weighted by molar-refractivity contribution is 5.98. The summed E-state index contributed by atoms with van der Waals surface area (Å²) >= 11 is 0. The summed E-state index contributed by atoms with van der Waals surface area (Å²) in [5, 5.41) is 1.92. The van der Waals surface area contributed by atoms with Gasteiger partial charge in [-0.05, 0) is 47.4 Å². The third-order valence-electron chi connectivity index (χ3n) is 6.81. The first-order valence-electron chi connectivity index (χ1n) is 11.8. The number of methoxy groups -OCH3 is 2. The van der Waals surface area contributed by atoms with E-state index in [0.29, 0.717) is 30.9 Å². The maximum Gasteiger partial charge on any atom is 0.231 e. The van der Waals surface area contributed by atoms with Crippen molar-refractivity contribution in [3.8, 4) is 11.5 Å². The topological polar surface area (TPSA) is 93.2 Å². The highest BCUT2D eigenvalue weighted by Crippen LogP contribution is 2.34. The van der Waals surface area contributed by atoms with Gasteiger partial charge in [-0.15, -0.1) is 0 Å². The molecule has 3 aromatic heterocycles. The van der Waals surface area contributed by atoms with E-state index in [0.717, 1.165) is 50.9 Å². The van der Waals surface area contributed by atoms with Crippen LogP contribution in [0.4, 0.5) is 5.69 Å². The van der Waals surface area contributed by atoms with Crippen LogP contribution in [0, 0.1) is 0 Å². The molecule has 1 aliphatic rings. The number of aromatic nitrogens is 4. The number of aromatic amines is 1. The second-order valence-corrected chi connectivity index (χ2v) is 8.87. The molecule has 36 heavy (non-hydrogen) atoms. The first-order valence-corrected chi connectivity index (χ1v) is 11.8. The smallest absolute Gasteiger partial charge is 0.231 e. The van der Waals surface area contributed by atoms with Gasteiger partial charge in [0.25, 0.3) is 0 Å². The number of pyridine rings is 1. The molecule has 0 atom stereocenters. The predicted molar refractivity (Wildman–Crippen MR) is 138 cm³/mol. The van der Waals surface area contributed by atoms with Crippen LogP contribution in [-0.2, 0) is 24.1 Å². The maximum absolute atomic E-state index is 13.2. The van der Waals surface area contributed by atoms with Gasteiger partial charge in [0.15, 0.2) is 11.5 Å². The zero-order chi connectivity index (χ0) is 24.6. The number of benzene rings is 2. The molecule has 4 heterocycles. The number of anilines is 1. The molecule has 0 aliphatic carbocycles. The minimum Gasteiger partial charge on any atom is -0.493 e. The van der Waals surface area contributed by atoms with Gasteiger partial charge in [-0.2, -0.15) is 0 Å². The first kappa shape index (κ1) is 22.0. The van der Waals surface area contributed by atoms with E-state index in [1.54, 1.807) is 26.7 Å². The summed E-state index contributed by atoms with van der Waals surface area (Å²) < 4.78 is 10.9. The fourth-order valence-corrected chi connectivity index (χ4v) is 5.01. The van der Waals surface area contributed by atoms with Gasteiger partial charge in [0, 0.05) is 47.9 Å². The number of rotatable bonds is 6. The highest BCUT2D eigenvalue weighted by Gasteiger charge is 2.25. The SMILES string of the molecule is COc1cc2ncnc(Cc3ccc4c(c3)CCN4C(=O)Cc3c[nH]c4ncccc34)c2cc1OC. The van der Waals surface area contributed by atoms with Gasteiger partial charge in [-0.25, -0.2) is 15.0 Å². The van der Waals surface area contributed by atoms with Crippen LogP contribution in [0.15, 0.2) is 61.2 Å². The van der Waals surface area contributed by atoms with Crippen LogP contribution in [-0.4, -0.2) is 46.6 Å². The maximum atomic E-state index is 13.2. The van der Waals surface area contributed by atoms with E-state index in [4.69, 9.17) is 9.47 Å². The zero-order valence-electron chi connectivity index (χ0n) is 20.1. The van der Waals surface area contributed by atoms with Crippen LogP contribution in [0.1, 0.15) is 22.4 Å². The Morgan fingerprint density at radius 1 is 1.03 bits per heavy atom. The van der Waals surface area contributed by atoms with E-state index < -0.39 is 0 Å². The van der Waals surface area contributed by atoms with Gasteiger partial charge >= 0.3 is 0 Å². The predicted octanol–water partition coefficient (Wildman–Crippen LogP) is 4.25. The molecular formula is C28H25N5O3. The van der Waals surface area contributed by atoms with Crippen LogP contribution in [0.5, 0.6) is 11.5 Å². The normalized spacial score (nSPS) is 12.8. The first-order chi connectivity index (χ1) is 17.6. The molecule has 180 valence electrons. The Balaban J connectivity index is 1.24. The molecule has 0 fully saturated rings. The van der Waals surface area contributed by atoms with Gasteiger partial charge in [0.2, 0.25) is 5.91 Å². The summed E-state index contributed by atoms with van der Waals surface area (Å²) in [6.07, 6.45) is 7.03. The number of H-pyrrole nitrogens is 1. The number of carbonyl (C=O) groups excluding carboxylic acids is 1. The van der Waals surface area contributed by atoms with E-state index in [1.165, 1.54) is 5.56 Å². The lowest BCUT2D eigenvalue weighted by Crippen LogP contribution is -2.30. The molecule has 0 radical (unpaired) electrons. The molecule has 8 nitrogen and oxygen atoms in total. The second-order valence-electron chi connectivity index (χ2n) is 8.87. The Hall–Kier alpha value is -4.46. The number of hydrogen-bond donors (Lipinski definition) is 1. The van der Waals surface area contributed by atoms with E-state index >= 15 is 0 Å². The van der Waals surface area contributed by atoms with Gasteiger partial charge in [0.1, 0.15) is 12.0 Å². The number of ether oxygens (including phenoxy) is 2. The van der Waals surface area contributed by atoms with Gasteiger partial charge in [-0.3, -0.25) is 4.79 Å². The molecule has 1 aliphatic heterocycles. The fraction of sp³-hybridized carbons (Fsp3) is 0.214. The van der Waals surface area contributed by atoms with Crippen molar-refractivity contribution in [1.82, 2.24) is 19.9 Å². The number of amides is 1. The molecule has 1 amide bonds. The molecule has 0 bridgehead atoms. The van der Waals surface area contributed by atoms with Crippen molar-refractivity contribution in [1.29, 1.82) is 0 Å². The van der Waals surface area contributed by atoms with Crippen molar-refractivity contribution in [2.45, 2.75) is 19.3 Å². The van der Waals surface area contributed by atoms with Crippen molar-refractivity contribution in [2.75, 3.05) is 25.7 Å². The quantitative estimate of drug-likeness (QED) is 0.392. The minimum atomic E-state index is 0.0917. The number of nitrogens with zero attached hydrogens (tertiary/aromatic N) is 4. The summed E-state index contributed by atoms with van der Waals surface area (Å²) in [5.74, 6) is 1.38. The Morgan fingerprint density at radius 2 is 1.89 bits per heavy atom. The minimum absolute atomic E-state index is 0.0917. The Kier molecular flexibility index (Phi) is 5.48. The Bertz CT molecular complexity index is 1610. The van der Waals surface area contributed by atoms with Gasteiger partial charge in [-0.1, -0.05) is 12.1 Å². The summed E-state index contributed by atoms with van der Waals surface area (Å²) in [6, 6.07) is 14.0. The Morgan fingerprint density at radius 3 is 2.75 bits per heavy atom. The summed E-state index contributed by atoms with van der Waals surface area (Å²) in [4.78, 5) is 31.5. The number of hydrogen-bond acceptors (Lipinski definition) is 6. The van der Waals surface area contributed by atoms with Crippen molar-refractivity contribution in [3.05, 3.63) is 83.6 Å². The number of nitrogens with one attached hydrogen (secondary N) is 1. The lowest BCUT2D eigenvalue weighted by atomic mass is 10.0. The molecule has 1 N–H and O–H groups in total. The van der Waals surface area contributed by atoms with Gasteiger partial charge in [0.05, 0.1) is 31.9 Å². The monoisotopic (exact) mass is 479 g/mol. The number of fused-ring (bicyclic) bond motifs is 3. The van der Waals surface area contributed by atoms with Crippen LogP contribution in [0.3, 0.4) is 0 Å². The third-order valence-corrected chi connectivity index (χ3v) is 6.81. The van der Waals surface area contributed by atoms with Crippen LogP contribution in [0.2, 0.25) is 0 Å². The lowest BCUT2D eigenvalue weighted by molar-refractivity contribution is -0.117. The molecule has 2 aromatic carbocycles. The van der Waals surface area contributed by atoms with Crippen molar-refractivity contribution >= 4 is 33.5 Å². The van der Waals surface area contributed by atoms with Crippen LogP contribution >= 0.6 is 0 Å². The second kappa shape index (κ2) is 8.96. The molecular weight excluding hydrogens is 454 g/mol. The molecule has 5 aromatic rings. The summed E-state index contributed by atoms with van der Waals surface area (Å²) in [5.41, 5.74) is 6.80. The Labute approximate surface area is 207 Å². The van der Waals surface area contributed by atoms with E-state index in [1.807, 2.05) is 35.4 Å². The standard InChI is InChI=1S/C28H25N5O3/c1-35-25-13-21-22(31-16-32-23(21)14-26(25)36-2)11-17-5-6-24-18(10-17)7-9-33(24)27(34)12-19-15-30-28-20(19)4-3-8-29-28/h3-6,8,10,13-16H,7,9,11-12H2,1-2H3,(H,29,30). The summed E-state index contributed by atoms with van der Waals surface area (Å²) in [6.45, 7) is 0.686. The largest absolute Gasteiger partial charge is 0.493 e. The number of carbonyl (C=O) groups is 1. The van der Waals surface area contributed by atoms with Crippen LogP contribution < -0.4 is 14.4 Å². The average Bonchev–Trinajstić information content (AvgIpc) is 3.52. The molecule has 0 spiro atoms. The average molecular weight is 480 g/mol. The molecule has 0 saturated heterocycles. The van der Waals surface area contributed by atoms with Crippen LogP contribution in [0.25, 0.3) is 21.9 Å². The lowest BCUT2D eigenvalue weighted by Gasteiger charge is -2.17. The fourth-order valence-electron chi connectivity index (χ4n) is 5.01. The van der Waals surface area contributed by atoms with E-state index in [9.17, 15) is 4.79 Å².